The third-order valence-electron chi connectivity index (χ3n) is 5.71. The number of rotatable bonds is 4. The molecule has 0 aromatic heterocycles. The van der Waals surface area contributed by atoms with Crippen molar-refractivity contribution in [2.24, 2.45) is 0 Å². The molecule has 4 rings (SSSR count). The first-order valence-electron chi connectivity index (χ1n) is 8.94. The molecule has 0 saturated heterocycles. The molecule has 4 heteroatoms. The van der Waals surface area contributed by atoms with E-state index in [9.17, 15) is 10.1 Å². The molecular formula is C22H23BO3. The summed E-state index contributed by atoms with van der Waals surface area (Å²) in [6.07, 6.45) is 0. The van der Waals surface area contributed by atoms with Crippen molar-refractivity contribution in [1.29, 1.82) is 0 Å². The van der Waals surface area contributed by atoms with Gasteiger partial charge in [-0.15, -0.1) is 0 Å². The average Bonchev–Trinajstić information content (AvgIpc) is 2.91. The van der Waals surface area contributed by atoms with Crippen molar-refractivity contribution in [2.45, 2.75) is 38.9 Å². The van der Waals surface area contributed by atoms with Gasteiger partial charge in [-0.05, 0) is 66.2 Å². The summed E-state index contributed by atoms with van der Waals surface area (Å²) < 4.78 is 5.92. The maximum Gasteiger partial charge on any atom is 0.492 e. The zero-order valence-electron chi connectivity index (χ0n) is 15.6. The van der Waals surface area contributed by atoms with Crippen LogP contribution in [0.5, 0.6) is 0 Å². The van der Waals surface area contributed by atoms with E-state index in [1.54, 1.807) is 27.7 Å². The molecule has 3 nitrogen and oxygen atoms in total. The topological polar surface area (TPSA) is 49.7 Å². The minimum atomic E-state index is -1.13. The summed E-state index contributed by atoms with van der Waals surface area (Å²) in [4.78, 5) is 0. The summed E-state index contributed by atoms with van der Waals surface area (Å²) in [5, 5.41) is 23.6. The van der Waals surface area contributed by atoms with Gasteiger partial charge in [0.15, 0.2) is 0 Å². The van der Waals surface area contributed by atoms with E-state index in [2.05, 4.69) is 30.3 Å². The smallest absolute Gasteiger partial charge is 0.423 e. The van der Waals surface area contributed by atoms with Gasteiger partial charge in [0, 0.05) is 0 Å². The van der Waals surface area contributed by atoms with E-state index >= 15 is 0 Å². The fourth-order valence-corrected chi connectivity index (χ4v) is 3.54. The Balaban J connectivity index is 1.89. The lowest BCUT2D eigenvalue weighted by molar-refractivity contribution is -0.0982. The normalized spacial score (nSPS) is 13.2. The van der Waals surface area contributed by atoms with Crippen LogP contribution in [0.2, 0.25) is 0 Å². The van der Waals surface area contributed by atoms with E-state index in [4.69, 9.17) is 4.65 Å². The lowest BCUT2D eigenvalue weighted by Gasteiger charge is -2.38. The molecule has 0 radical (unpaired) electrons. The molecular weight excluding hydrogens is 323 g/mol. The molecule has 26 heavy (non-hydrogen) atoms. The number of hydrogen-bond acceptors (Lipinski definition) is 3. The molecule has 0 atom stereocenters. The highest BCUT2D eigenvalue weighted by Crippen LogP contribution is 2.46. The van der Waals surface area contributed by atoms with Crippen molar-refractivity contribution in [1.82, 2.24) is 0 Å². The van der Waals surface area contributed by atoms with Crippen molar-refractivity contribution >= 4 is 23.4 Å². The van der Waals surface area contributed by atoms with Crippen LogP contribution in [-0.2, 0) is 4.65 Å². The predicted molar refractivity (Wildman–Crippen MR) is 107 cm³/mol. The number of hydrogen-bond donors (Lipinski definition) is 2. The fourth-order valence-electron chi connectivity index (χ4n) is 3.54. The van der Waals surface area contributed by atoms with Gasteiger partial charge in [0.1, 0.15) is 0 Å². The lowest BCUT2D eigenvalue weighted by atomic mass is 9.72. The van der Waals surface area contributed by atoms with Crippen LogP contribution in [0.3, 0.4) is 0 Å². The standard InChI is InChI=1S/C22H23BO3/c1-21(2,24)22(3,4)26-23(25)18-13-12-14-8-7-11-16-15-9-5-6-10-17(15)20(18)19(14)16/h5-13,24-25H,1-4H3. The number of benzene rings is 3. The van der Waals surface area contributed by atoms with Gasteiger partial charge >= 0.3 is 7.12 Å². The summed E-state index contributed by atoms with van der Waals surface area (Å²) in [7, 11) is -1.13. The summed E-state index contributed by atoms with van der Waals surface area (Å²) in [6.45, 7) is 6.95. The Labute approximate surface area is 154 Å². The van der Waals surface area contributed by atoms with Crippen LogP contribution < -0.4 is 5.46 Å². The summed E-state index contributed by atoms with van der Waals surface area (Å²) >= 11 is 0. The van der Waals surface area contributed by atoms with Gasteiger partial charge in [-0.3, -0.25) is 0 Å². The second-order valence-corrected chi connectivity index (χ2v) is 8.02. The molecule has 1 aliphatic rings. The average molecular weight is 346 g/mol. The van der Waals surface area contributed by atoms with Crippen LogP contribution in [-0.4, -0.2) is 28.5 Å². The quantitative estimate of drug-likeness (QED) is 0.554. The van der Waals surface area contributed by atoms with Gasteiger partial charge < -0.3 is 14.8 Å². The predicted octanol–water partition coefficient (Wildman–Crippen LogP) is 3.74. The van der Waals surface area contributed by atoms with Crippen molar-refractivity contribution < 1.29 is 14.8 Å². The van der Waals surface area contributed by atoms with Gasteiger partial charge in [-0.25, -0.2) is 0 Å². The van der Waals surface area contributed by atoms with Gasteiger partial charge in [0.2, 0.25) is 0 Å². The minimum Gasteiger partial charge on any atom is -0.423 e. The molecule has 3 aromatic rings. The first-order chi connectivity index (χ1) is 12.2. The van der Waals surface area contributed by atoms with Gasteiger partial charge in [0.25, 0.3) is 0 Å². The molecule has 2 N–H and O–H groups in total. The molecule has 0 aliphatic heterocycles. The minimum absolute atomic E-state index is 0.729. The molecule has 0 heterocycles. The Morgan fingerprint density at radius 3 is 2.15 bits per heavy atom. The van der Waals surface area contributed by atoms with E-state index in [-0.39, 0.29) is 0 Å². The van der Waals surface area contributed by atoms with Crippen LogP contribution in [0, 0.1) is 0 Å². The maximum atomic E-state index is 10.9. The van der Waals surface area contributed by atoms with Crippen molar-refractivity contribution in [3.05, 3.63) is 54.6 Å². The molecule has 0 unspecified atom stereocenters. The first-order valence-corrected chi connectivity index (χ1v) is 8.94. The SMILES string of the molecule is CC(C)(O)C(C)(C)OB(O)c1ccc2cccc3c2c1-c1ccccc1-3. The zero-order valence-corrected chi connectivity index (χ0v) is 15.6. The van der Waals surface area contributed by atoms with Crippen LogP contribution in [0.15, 0.2) is 54.6 Å². The van der Waals surface area contributed by atoms with Gasteiger partial charge in [-0.1, -0.05) is 54.6 Å². The molecule has 0 fully saturated rings. The Hall–Kier alpha value is -2.14. The van der Waals surface area contributed by atoms with Crippen molar-refractivity contribution in [3.8, 4) is 22.3 Å². The van der Waals surface area contributed by atoms with Gasteiger partial charge in [-0.2, -0.15) is 0 Å². The highest BCUT2D eigenvalue weighted by molar-refractivity contribution is 6.63. The van der Waals surface area contributed by atoms with E-state index in [1.807, 2.05) is 24.3 Å². The molecule has 0 bridgehead atoms. The third kappa shape index (κ3) is 2.49. The first kappa shape index (κ1) is 17.3. The maximum absolute atomic E-state index is 10.9. The Morgan fingerprint density at radius 2 is 1.46 bits per heavy atom. The van der Waals surface area contributed by atoms with Crippen LogP contribution in [0.25, 0.3) is 33.0 Å². The van der Waals surface area contributed by atoms with Crippen molar-refractivity contribution in [3.63, 3.8) is 0 Å². The van der Waals surface area contributed by atoms with E-state index in [1.165, 1.54) is 11.1 Å². The highest BCUT2D eigenvalue weighted by Gasteiger charge is 2.40. The van der Waals surface area contributed by atoms with Crippen molar-refractivity contribution in [2.75, 3.05) is 0 Å². The molecule has 132 valence electrons. The largest absolute Gasteiger partial charge is 0.492 e. The summed E-state index contributed by atoms with van der Waals surface area (Å²) in [5.41, 5.74) is 3.22. The van der Waals surface area contributed by atoms with E-state index in [0.29, 0.717) is 0 Å². The van der Waals surface area contributed by atoms with E-state index in [0.717, 1.165) is 27.4 Å². The summed E-state index contributed by atoms with van der Waals surface area (Å²) in [5.74, 6) is 0. The molecule has 0 amide bonds. The highest BCUT2D eigenvalue weighted by atomic mass is 16.5. The van der Waals surface area contributed by atoms with Crippen LogP contribution in [0.1, 0.15) is 27.7 Å². The zero-order chi connectivity index (χ0) is 18.7. The second kappa shape index (κ2) is 5.68. The molecule has 0 saturated carbocycles. The number of aliphatic hydroxyl groups is 1. The van der Waals surface area contributed by atoms with Gasteiger partial charge in [0.05, 0.1) is 11.2 Å². The van der Waals surface area contributed by atoms with E-state index < -0.39 is 18.3 Å². The summed E-state index contributed by atoms with van der Waals surface area (Å²) in [6, 6.07) is 18.5. The molecule has 3 aromatic carbocycles. The molecule has 1 aliphatic carbocycles. The van der Waals surface area contributed by atoms with Crippen LogP contribution in [0.4, 0.5) is 0 Å². The fraction of sp³-hybridized carbons (Fsp3) is 0.273. The Morgan fingerprint density at radius 1 is 0.808 bits per heavy atom. The third-order valence-corrected chi connectivity index (χ3v) is 5.71. The molecule has 0 spiro atoms. The lowest BCUT2D eigenvalue weighted by Crippen LogP contribution is -2.53. The number of fused-ring (bicyclic) bond motifs is 3. The van der Waals surface area contributed by atoms with Crippen LogP contribution >= 0.6 is 0 Å². The monoisotopic (exact) mass is 346 g/mol. The Bertz CT molecular complexity index is 1000. The Kier molecular flexibility index (Phi) is 3.78. The second-order valence-electron chi connectivity index (χ2n) is 8.02.